The molecule has 0 aromatic heterocycles. The number of esters is 2. The Morgan fingerprint density at radius 2 is 1.02 bits per heavy atom. The van der Waals surface area contributed by atoms with Gasteiger partial charge in [0.05, 0.1) is 13.2 Å². The summed E-state index contributed by atoms with van der Waals surface area (Å²) in [6.45, 7) is 3.70. The molecule has 0 fully saturated rings. The van der Waals surface area contributed by atoms with E-state index in [-0.39, 0.29) is 38.6 Å². The van der Waals surface area contributed by atoms with E-state index in [4.69, 9.17) is 24.3 Å². The van der Waals surface area contributed by atoms with Crippen LogP contribution in [0.2, 0.25) is 0 Å². The van der Waals surface area contributed by atoms with Crippen LogP contribution in [0.4, 0.5) is 0 Å². The molecule has 0 amide bonds. The Kier molecular flexibility index (Phi) is 29.3. The summed E-state index contributed by atoms with van der Waals surface area (Å²) >= 11 is 0. The van der Waals surface area contributed by atoms with Crippen molar-refractivity contribution in [2.45, 2.75) is 168 Å². The molecule has 0 bridgehead atoms. The van der Waals surface area contributed by atoms with E-state index < -0.39 is 26.5 Å². The Morgan fingerprint density at radius 3 is 1.45 bits per heavy atom. The maximum absolute atomic E-state index is 12.4. The van der Waals surface area contributed by atoms with Crippen molar-refractivity contribution in [2.75, 3.05) is 26.4 Å². The Balaban J connectivity index is 4.27. The van der Waals surface area contributed by atoms with Gasteiger partial charge >= 0.3 is 19.8 Å². The molecule has 0 spiro atoms. The summed E-state index contributed by atoms with van der Waals surface area (Å²) in [4.78, 5) is 34.5. The second-order valence-electron chi connectivity index (χ2n) is 11.4. The highest BCUT2D eigenvalue weighted by Gasteiger charge is 2.25. The molecule has 3 N–H and O–H groups in total. The number of unbranched alkanes of at least 4 members (excludes halogenated alkanes) is 19. The van der Waals surface area contributed by atoms with Crippen LogP contribution in [0.3, 0.4) is 0 Å². The van der Waals surface area contributed by atoms with Gasteiger partial charge in [0.15, 0.2) is 6.10 Å². The van der Waals surface area contributed by atoms with Crippen LogP contribution >= 0.6 is 7.82 Å². The van der Waals surface area contributed by atoms with Crippen LogP contribution in [0.1, 0.15) is 162 Å². The predicted octanol–water partition coefficient (Wildman–Crippen LogP) is 8.55. The van der Waals surface area contributed by atoms with Gasteiger partial charge in [0, 0.05) is 19.4 Å². The smallest absolute Gasteiger partial charge is 0.462 e. The number of rotatable bonds is 32. The first-order valence-electron chi connectivity index (χ1n) is 17.0. The van der Waals surface area contributed by atoms with Gasteiger partial charge in [-0.05, 0) is 12.8 Å². The Bertz CT molecular complexity index is 679. The normalized spacial score (nSPS) is 13.5. The fourth-order valence-corrected chi connectivity index (χ4v) is 5.46. The molecule has 250 valence electrons. The number of phosphoric acid groups is 1. The number of carbonyl (C=O) groups is 2. The summed E-state index contributed by atoms with van der Waals surface area (Å²) in [5, 5.41) is 0. The minimum absolute atomic E-state index is 0.0574. The van der Waals surface area contributed by atoms with Gasteiger partial charge in [0.2, 0.25) is 0 Å². The number of hydrogen-bond donors (Lipinski definition) is 2. The van der Waals surface area contributed by atoms with Crippen molar-refractivity contribution >= 4 is 19.8 Å². The van der Waals surface area contributed by atoms with E-state index in [0.29, 0.717) is 6.42 Å². The molecule has 0 aliphatic carbocycles. The van der Waals surface area contributed by atoms with Crippen LogP contribution in [-0.2, 0) is 32.7 Å². The number of nitrogens with two attached hydrogens (primary N) is 1. The first-order valence-corrected chi connectivity index (χ1v) is 18.5. The maximum atomic E-state index is 12.4. The van der Waals surface area contributed by atoms with Crippen molar-refractivity contribution in [3.05, 3.63) is 0 Å². The molecule has 0 aliphatic rings. The topological polar surface area (TPSA) is 134 Å². The standard InChI is InChI=1S/C32H64NO8P/c1-3-5-7-9-11-13-15-17-18-20-22-24-31(34)38-28-30(29-40-42(36,37)39-27-26-33)41-32(35)25-23-21-19-16-14-12-10-8-6-4-2/h30H,3-29,33H2,1-2H3,(H,36,37)/t30-/m1/s1. The molecular weight excluding hydrogens is 557 g/mol. The molecule has 1 unspecified atom stereocenters. The lowest BCUT2D eigenvalue weighted by molar-refractivity contribution is -0.161. The Morgan fingerprint density at radius 1 is 0.619 bits per heavy atom. The maximum Gasteiger partial charge on any atom is 0.472 e. The lowest BCUT2D eigenvalue weighted by Crippen LogP contribution is -2.29. The molecule has 0 saturated heterocycles. The lowest BCUT2D eigenvalue weighted by atomic mass is 10.1. The second-order valence-corrected chi connectivity index (χ2v) is 12.9. The van der Waals surface area contributed by atoms with Crippen molar-refractivity contribution < 1.29 is 37.6 Å². The highest BCUT2D eigenvalue weighted by Crippen LogP contribution is 2.43. The monoisotopic (exact) mass is 621 g/mol. The van der Waals surface area contributed by atoms with Crippen molar-refractivity contribution in [2.24, 2.45) is 5.73 Å². The van der Waals surface area contributed by atoms with Crippen LogP contribution in [0.25, 0.3) is 0 Å². The van der Waals surface area contributed by atoms with Gasteiger partial charge in [-0.1, -0.05) is 136 Å². The summed E-state index contributed by atoms with van der Waals surface area (Å²) in [7, 11) is -4.35. The van der Waals surface area contributed by atoms with Crippen LogP contribution in [0.15, 0.2) is 0 Å². The van der Waals surface area contributed by atoms with Crippen molar-refractivity contribution in [3.63, 3.8) is 0 Å². The molecule has 0 aromatic carbocycles. The average Bonchev–Trinajstić information content (AvgIpc) is 2.97. The van der Waals surface area contributed by atoms with Crippen LogP contribution in [0.5, 0.6) is 0 Å². The third kappa shape index (κ3) is 29.1. The summed E-state index contributed by atoms with van der Waals surface area (Å²) in [5.41, 5.74) is 5.31. The van der Waals surface area contributed by atoms with Gasteiger partial charge in [0.1, 0.15) is 6.61 Å². The van der Waals surface area contributed by atoms with E-state index in [0.717, 1.165) is 32.1 Å². The van der Waals surface area contributed by atoms with E-state index in [9.17, 15) is 19.0 Å². The van der Waals surface area contributed by atoms with E-state index >= 15 is 0 Å². The zero-order chi connectivity index (χ0) is 31.2. The van der Waals surface area contributed by atoms with Gasteiger partial charge in [-0.15, -0.1) is 0 Å². The van der Waals surface area contributed by atoms with Crippen molar-refractivity contribution in [1.29, 1.82) is 0 Å². The van der Waals surface area contributed by atoms with Gasteiger partial charge in [-0.3, -0.25) is 18.6 Å². The quantitative estimate of drug-likeness (QED) is 0.0430. The van der Waals surface area contributed by atoms with Gasteiger partial charge < -0.3 is 20.1 Å². The number of phosphoric ester groups is 1. The minimum Gasteiger partial charge on any atom is -0.462 e. The molecule has 0 heterocycles. The van der Waals surface area contributed by atoms with Crippen molar-refractivity contribution in [3.8, 4) is 0 Å². The molecule has 2 atom stereocenters. The summed E-state index contributed by atoms with van der Waals surface area (Å²) in [6.07, 6.45) is 24.2. The first-order chi connectivity index (χ1) is 20.3. The molecular formula is C32H64NO8P. The molecule has 10 heteroatoms. The van der Waals surface area contributed by atoms with E-state index in [2.05, 4.69) is 13.8 Å². The van der Waals surface area contributed by atoms with Gasteiger partial charge in [0.25, 0.3) is 0 Å². The Hall–Kier alpha value is -0.990. The predicted molar refractivity (Wildman–Crippen MR) is 169 cm³/mol. The molecule has 42 heavy (non-hydrogen) atoms. The molecule has 0 radical (unpaired) electrons. The zero-order valence-corrected chi connectivity index (χ0v) is 27.9. The van der Waals surface area contributed by atoms with Crippen LogP contribution in [-0.4, -0.2) is 49.3 Å². The third-order valence-corrected chi connectivity index (χ3v) is 8.23. The number of carbonyl (C=O) groups excluding carboxylic acids is 2. The van der Waals surface area contributed by atoms with Gasteiger partial charge in [-0.2, -0.15) is 0 Å². The molecule has 0 aliphatic heterocycles. The molecule has 9 nitrogen and oxygen atoms in total. The van der Waals surface area contributed by atoms with Crippen LogP contribution in [0, 0.1) is 0 Å². The van der Waals surface area contributed by atoms with Crippen molar-refractivity contribution in [1.82, 2.24) is 0 Å². The highest BCUT2D eigenvalue weighted by molar-refractivity contribution is 7.47. The Labute approximate surface area is 257 Å². The fraction of sp³-hybridized carbons (Fsp3) is 0.938. The summed E-state index contributed by atoms with van der Waals surface area (Å²) < 4.78 is 32.5. The second kappa shape index (κ2) is 30.1. The van der Waals surface area contributed by atoms with E-state index in [1.807, 2.05) is 0 Å². The first kappa shape index (κ1) is 41.0. The third-order valence-electron chi connectivity index (χ3n) is 7.24. The van der Waals surface area contributed by atoms with Crippen LogP contribution < -0.4 is 5.73 Å². The van der Waals surface area contributed by atoms with Gasteiger partial charge in [-0.25, -0.2) is 4.57 Å². The van der Waals surface area contributed by atoms with E-state index in [1.165, 1.54) is 96.3 Å². The highest BCUT2D eigenvalue weighted by atomic mass is 31.2. The average molecular weight is 622 g/mol. The molecule has 0 aromatic rings. The summed E-state index contributed by atoms with van der Waals surface area (Å²) in [6, 6.07) is 0. The number of ether oxygens (including phenoxy) is 2. The molecule has 0 rings (SSSR count). The minimum atomic E-state index is -4.35. The molecule has 0 saturated carbocycles. The summed E-state index contributed by atoms with van der Waals surface area (Å²) in [5.74, 6) is -0.826. The lowest BCUT2D eigenvalue weighted by Gasteiger charge is -2.19. The fourth-order valence-electron chi connectivity index (χ4n) is 4.69. The van der Waals surface area contributed by atoms with E-state index in [1.54, 1.807) is 0 Å². The number of hydrogen-bond acceptors (Lipinski definition) is 8. The zero-order valence-electron chi connectivity index (χ0n) is 27.0. The largest absolute Gasteiger partial charge is 0.472 e. The SMILES string of the molecule is CCCCCCCCCCCCCC(=O)OC[C@H](COP(=O)(O)OCCN)OC(=O)CCCCCCCCCCCC.